The highest BCUT2D eigenvalue weighted by atomic mass is 16.6. The van der Waals surface area contributed by atoms with Crippen LogP contribution in [0.25, 0.3) is 0 Å². The Labute approximate surface area is 138 Å². The lowest BCUT2D eigenvalue weighted by Gasteiger charge is -2.32. The molecule has 6 heteroatoms. The Morgan fingerprint density at radius 3 is 2.39 bits per heavy atom. The number of nitrogens with one attached hydrogen (secondary N) is 2. The van der Waals surface area contributed by atoms with Gasteiger partial charge >= 0.3 is 6.09 Å². The Kier molecular flexibility index (Phi) is 5.55. The maximum Gasteiger partial charge on any atom is 0.407 e. The normalized spacial score (nSPS) is 23.9. The van der Waals surface area contributed by atoms with Crippen LogP contribution in [0.3, 0.4) is 0 Å². The van der Waals surface area contributed by atoms with Crippen molar-refractivity contribution in [3.05, 3.63) is 0 Å². The number of alkyl carbamates (subject to hydrolysis) is 1. The second-order valence-electron chi connectivity index (χ2n) is 7.93. The predicted molar refractivity (Wildman–Crippen MR) is 87.1 cm³/mol. The average Bonchev–Trinajstić information content (AvgIpc) is 3.15. The molecule has 132 valence electrons. The average molecular weight is 326 g/mol. The number of hydrogen-bond donors (Lipinski definition) is 2. The van der Waals surface area contributed by atoms with Crippen molar-refractivity contribution in [2.45, 2.75) is 77.0 Å². The molecule has 0 radical (unpaired) electrons. The van der Waals surface area contributed by atoms with Gasteiger partial charge in [-0.2, -0.15) is 0 Å². The van der Waals surface area contributed by atoms with E-state index in [-0.39, 0.29) is 12.0 Å². The van der Waals surface area contributed by atoms with Gasteiger partial charge in [-0.25, -0.2) is 4.79 Å². The topological polar surface area (TPSA) is 76.7 Å². The Morgan fingerprint density at radius 2 is 1.87 bits per heavy atom. The summed E-state index contributed by atoms with van der Waals surface area (Å²) in [5, 5.41) is 5.90. The van der Waals surface area contributed by atoms with Gasteiger partial charge in [-0.1, -0.05) is 0 Å². The summed E-state index contributed by atoms with van der Waals surface area (Å²) in [6.45, 7) is 8.61. The standard InChI is InChI=1S/C17H30N2O4/c1-16(2,3)23-15(21)18-11-17(4,12-7-8-12)19-14(20)10-13-6-5-9-22-13/h12-13H,5-11H2,1-4H3,(H,18,21)(H,19,20)/t13-,17+/m0/s1. The summed E-state index contributed by atoms with van der Waals surface area (Å²) in [6, 6.07) is 0. The van der Waals surface area contributed by atoms with E-state index >= 15 is 0 Å². The summed E-state index contributed by atoms with van der Waals surface area (Å²) < 4.78 is 10.8. The lowest BCUT2D eigenvalue weighted by Crippen LogP contribution is -2.56. The molecule has 1 heterocycles. The number of rotatable bonds is 6. The lowest BCUT2D eigenvalue weighted by molar-refractivity contribution is -0.125. The first kappa shape index (κ1) is 18.0. The Bertz CT molecular complexity index is 436. The zero-order valence-electron chi connectivity index (χ0n) is 14.7. The van der Waals surface area contributed by atoms with Crippen LogP contribution in [0, 0.1) is 5.92 Å². The molecule has 1 saturated carbocycles. The summed E-state index contributed by atoms with van der Waals surface area (Å²) >= 11 is 0. The third kappa shape index (κ3) is 6.01. The molecule has 0 aromatic rings. The smallest absolute Gasteiger partial charge is 0.407 e. The van der Waals surface area contributed by atoms with Gasteiger partial charge in [0, 0.05) is 13.2 Å². The summed E-state index contributed by atoms with van der Waals surface area (Å²) in [4.78, 5) is 24.1. The fourth-order valence-corrected chi connectivity index (χ4v) is 2.96. The number of hydrogen-bond acceptors (Lipinski definition) is 4. The van der Waals surface area contributed by atoms with Crippen LogP contribution in [0.2, 0.25) is 0 Å². The second-order valence-corrected chi connectivity index (χ2v) is 7.93. The molecule has 1 saturated heterocycles. The molecule has 2 N–H and O–H groups in total. The molecule has 0 aromatic carbocycles. The van der Waals surface area contributed by atoms with Crippen molar-refractivity contribution in [2.24, 2.45) is 5.92 Å². The summed E-state index contributed by atoms with van der Waals surface area (Å²) in [5.74, 6) is 0.406. The van der Waals surface area contributed by atoms with Crippen molar-refractivity contribution in [1.29, 1.82) is 0 Å². The Hall–Kier alpha value is -1.30. The molecule has 2 aliphatic rings. The highest BCUT2D eigenvalue weighted by Crippen LogP contribution is 2.39. The third-order valence-electron chi connectivity index (χ3n) is 4.34. The van der Waals surface area contributed by atoms with E-state index in [2.05, 4.69) is 10.6 Å². The van der Waals surface area contributed by atoms with Crippen LogP contribution >= 0.6 is 0 Å². The van der Waals surface area contributed by atoms with Crippen LogP contribution in [-0.4, -0.2) is 42.4 Å². The number of ether oxygens (including phenoxy) is 2. The maximum atomic E-state index is 12.3. The van der Waals surface area contributed by atoms with Crippen molar-refractivity contribution in [2.75, 3.05) is 13.2 Å². The van der Waals surface area contributed by atoms with Gasteiger partial charge < -0.3 is 20.1 Å². The quantitative estimate of drug-likeness (QED) is 0.785. The van der Waals surface area contributed by atoms with E-state index in [4.69, 9.17) is 9.47 Å². The van der Waals surface area contributed by atoms with E-state index in [9.17, 15) is 9.59 Å². The second kappa shape index (κ2) is 7.07. The van der Waals surface area contributed by atoms with Crippen molar-refractivity contribution < 1.29 is 19.1 Å². The van der Waals surface area contributed by atoms with E-state index in [1.807, 2.05) is 27.7 Å². The van der Waals surface area contributed by atoms with Crippen molar-refractivity contribution >= 4 is 12.0 Å². The predicted octanol–water partition coefficient (Wildman–Crippen LogP) is 2.37. The van der Waals surface area contributed by atoms with Gasteiger partial charge in [0.1, 0.15) is 5.60 Å². The first-order chi connectivity index (χ1) is 10.7. The van der Waals surface area contributed by atoms with Crippen LogP contribution in [0.4, 0.5) is 4.79 Å². The van der Waals surface area contributed by atoms with Gasteiger partial charge in [-0.3, -0.25) is 4.79 Å². The van der Waals surface area contributed by atoms with Crippen LogP contribution < -0.4 is 10.6 Å². The first-order valence-electron chi connectivity index (χ1n) is 8.57. The zero-order valence-corrected chi connectivity index (χ0v) is 14.7. The molecule has 0 unspecified atom stereocenters. The minimum Gasteiger partial charge on any atom is -0.444 e. The molecule has 6 nitrogen and oxygen atoms in total. The molecule has 0 bridgehead atoms. The van der Waals surface area contributed by atoms with Crippen molar-refractivity contribution in [3.8, 4) is 0 Å². The van der Waals surface area contributed by atoms with Gasteiger partial charge in [-0.05, 0) is 59.3 Å². The molecule has 1 aliphatic heterocycles. The number of carbonyl (C=O) groups is 2. The van der Waals surface area contributed by atoms with Crippen LogP contribution in [0.1, 0.15) is 59.8 Å². The van der Waals surface area contributed by atoms with Gasteiger partial charge in [0.05, 0.1) is 18.1 Å². The van der Waals surface area contributed by atoms with Crippen molar-refractivity contribution in [3.63, 3.8) is 0 Å². The van der Waals surface area contributed by atoms with E-state index in [0.29, 0.717) is 18.9 Å². The summed E-state index contributed by atoms with van der Waals surface area (Å²) in [5.41, 5.74) is -0.949. The van der Waals surface area contributed by atoms with Gasteiger partial charge in [-0.15, -0.1) is 0 Å². The fraction of sp³-hybridized carbons (Fsp3) is 0.882. The van der Waals surface area contributed by atoms with Gasteiger partial charge in [0.25, 0.3) is 0 Å². The molecule has 23 heavy (non-hydrogen) atoms. The first-order valence-corrected chi connectivity index (χ1v) is 8.57. The van der Waals surface area contributed by atoms with E-state index in [1.54, 1.807) is 0 Å². The highest BCUT2D eigenvalue weighted by molar-refractivity contribution is 5.77. The molecular weight excluding hydrogens is 296 g/mol. The van der Waals surface area contributed by atoms with Gasteiger partial charge in [0.15, 0.2) is 0 Å². The number of carbonyl (C=O) groups excluding carboxylic acids is 2. The third-order valence-corrected chi connectivity index (χ3v) is 4.34. The van der Waals surface area contributed by atoms with E-state index < -0.39 is 17.2 Å². The van der Waals surface area contributed by atoms with Crippen LogP contribution in [0.5, 0.6) is 0 Å². The fourth-order valence-electron chi connectivity index (χ4n) is 2.96. The Balaban J connectivity index is 1.83. The lowest BCUT2D eigenvalue weighted by atomic mass is 9.95. The summed E-state index contributed by atoms with van der Waals surface area (Å²) in [7, 11) is 0. The molecular formula is C17H30N2O4. The van der Waals surface area contributed by atoms with Crippen LogP contribution in [0.15, 0.2) is 0 Å². The minimum atomic E-state index is -0.525. The monoisotopic (exact) mass is 326 g/mol. The molecule has 1 aliphatic carbocycles. The maximum absolute atomic E-state index is 12.3. The minimum absolute atomic E-state index is 0.00251. The Morgan fingerprint density at radius 1 is 1.17 bits per heavy atom. The van der Waals surface area contributed by atoms with Gasteiger partial charge in [0.2, 0.25) is 5.91 Å². The molecule has 2 atom stereocenters. The van der Waals surface area contributed by atoms with Crippen LogP contribution in [-0.2, 0) is 14.3 Å². The summed E-state index contributed by atoms with van der Waals surface area (Å²) in [6.07, 6.45) is 4.12. The molecule has 0 aromatic heterocycles. The number of amides is 2. The zero-order chi connectivity index (χ0) is 17.1. The molecule has 2 fully saturated rings. The van der Waals surface area contributed by atoms with E-state index in [1.165, 1.54) is 0 Å². The largest absolute Gasteiger partial charge is 0.444 e. The molecule has 2 rings (SSSR count). The van der Waals surface area contributed by atoms with Crippen molar-refractivity contribution in [1.82, 2.24) is 10.6 Å². The molecule has 2 amide bonds. The highest BCUT2D eigenvalue weighted by Gasteiger charge is 2.43. The van der Waals surface area contributed by atoms with E-state index in [0.717, 1.165) is 32.3 Å². The SMILES string of the molecule is CC(C)(C)OC(=O)NC[C@@](C)(NC(=O)C[C@@H]1CCCO1)C1CC1. The molecule has 0 spiro atoms.